The van der Waals surface area contributed by atoms with Gasteiger partial charge in [0.15, 0.2) is 0 Å². The zero-order chi connectivity index (χ0) is 42.1. The van der Waals surface area contributed by atoms with Gasteiger partial charge in [0.25, 0.3) is 0 Å². The van der Waals surface area contributed by atoms with E-state index in [1.807, 2.05) is 0 Å². The first-order valence-corrected chi connectivity index (χ1v) is 23.6. The number of allylic oxidation sites excluding steroid dienone is 7. The number of hydrogen-bond donors (Lipinski definition) is 0. The molecule has 5 aliphatic rings. The van der Waals surface area contributed by atoms with Crippen LogP contribution < -0.4 is 35.2 Å². The van der Waals surface area contributed by atoms with Crippen molar-refractivity contribution in [1.29, 1.82) is 0 Å². The van der Waals surface area contributed by atoms with Crippen LogP contribution in [-0.4, -0.2) is 9.52 Å². The fourth-order valence-corrected chi connectivity index (χ4v) is 13.7. The standard InChI is InChI=1S/C47H53.C12H10Si.2ClH.Zr/c1-10-19-32-29-36-33(30-20-12-11-13-21-30)24-18-25-35(36)39(32)42-41-37-28-31-22-14-15-23-34(31)40(37)38-26-16-17-27-46(38,8)47(41,9)45(6,7)44(4,5)43(42,2)3;1-3-7-11(8-4-1)13-12-9-5-2-6-10-12;;;/h11-16,18,20-26,29,39H,10,17,19,27-28H2,1-9H3;1-10H;2*1H;/q-1;;;;+3/p-2. The number of fused-ring (bicyclic) bond motifs is 7. The van der Waals surface area contributed by atoms with E-state index in [-0.39, 0.29) is 84.0 Å². The van der Waals surface area contributed by atoms with E-state index in [1.54, 1.807) is 33.8 Å². The molecule has 3 radical (unpaired) electrons. The third-order valence-corrected chi connectivity index (χ3v) is 18.3. The van der Waals surface area contributed by atoms with Gasteiger partial charge in [-0.3, -0.25) is 0 Å². The minimum absolute atomic E-state index is 0. The SMILES string of the molecule is CCCC1=Cc2c(-c3ccccc3)cccc2C1[C-]1C2=C3Cc4ccccc4C3=C3C=CCCC3(C)C2(C)C(C)(C)C(C)(C)C1(C)C.[Cl-].[Cl-].[Zr+3].c1ccc([Si]c2ccccc2)cc1. The summed E-state index contributed by atoms with van der Waals surface area (Å²) in [6, 6.07) is 48.7. The van der Waals surface area contributed by atoms with E-state index in [1.165, 1.54) is 50.2 Å². The molecule has 0 heterocycles. The Hall–Kier alpha value is -3.39. The van der Waals surface area contributed by atoms with Gasteiger partial charge in [-0.05, 0) is 74.7 Å². The van der Waals surface area contributed by atoms with Crippen molar-refractivity contribution in [3.8, 4) is 11.1 Å². The fraction of sp³-hybridized carbons (Fsp3) is 0.339. The first-order chi connectivity index (χ1) is 28.8. The minimum Gasteiger partial charge on any atom is -1.00 e. The molecule has 63 heavy (non-hydrogen) atoms. The van der Waals surface area contributed by atoms with Gasteiger partial charge in [-0.15, -0.1) is 0 Å². The Kier molecular flexibility index (Phi) is 14.4. The molecule has 0 aromatic heterocycles. The number of benzene rings is 5. The van der Waals surface area contributed by atoms with Gasteiger partial charge in [-0.2, -0.15) is 17.1 Å². The van der Waals surface area contributed by atoms with E-state index in [0.29, 0.717) is 0 Å². The summed E-state index contributed by atoms with van der Waals surface area (Å²) in [5.41, 5.74) is 16.7. The predicted octanol–water partition coefficient (Wildman–Crippen LogP) is 8.33. The van der Waals surface area contributed by atoms with E-state index in [2.05, 4.69) is 214 Å². The Bertz CT molecular complexity index is 2520. The molecule has 5 aromatic carbocycles. The van der Waals surface area contributed by atoms with Crippen LogP contribution in [0.25, 0.3) is 22.8 Å². The molecule has 5 aromatic rings. The average Bonchev–Trinajstić information content (AvgIpc) is 3.81. The van der Waals surface area contributed by atoms with E-state index in [0.717, 1.165) is 35.2 Å². The molecule has 10 rings (SSSR count). The zero-order valence-electron chi connectivity index (χ0n) is 38.8. The van der Waals surface area contributed by atoms with E-state index in [9.17, 15) is 0 Å². The Labute approximate surface area is 414 Å². The second kappa shape index (κ2) is 18.5. The van der Waals surface area contributed by atoms with Crippen LogP contribution in [0.1, 0.15) is 116 Å². The largest absolute Gasteiger partial charge is 3.00 e. The first-order valence-electron chi connectivity index (χ1n) is 22.6. The van der Waals surface area contributed by atoms with Crippen LogP contribution in [0.2, 0.25) is 0 Å². The van der Waals surface area contributed by atoms with Gasteiger partial charge >= 0.3 is 26.2 Å². The van der Waals surface area contributed by atoms with E-state index in [4.69, 9.17) is 0 Å². The number of halogens is 2. The molecule has 0 aliphatic heterocycles. The third-order valence-electron chi connectivity index (χ3n) is 17.0. The van der Waals surface area contributed by atoms with Crippen molar-refractivity contribution in [3.05, 3.63) is 196 Å². The van der Waals surface area contributed by atoms with Crippen molar-refractivity contribution in [2.75, 3.05) is 0 Å². The van der Waals surface area contributed by atoms with Gasteiger partial charge < -0.3 is 24.8 Å². The number of hydrogen-bond acceptors (Lipinski definition) is 0. The maximum absolute atomic E-state index is 2.71. The predicted molar refractivity (Wildman–Crippen MR) is 259 cm³/mol. The van der Waals surface area contributed by atoms with Crippen molar-refractivity contribution in [3.63, 3.8) is 0 Å². The third kappa shape index (κ3) is 7.47. The Morgan fingerprint density at radius 1 is 0.651 bits per heavy atom. The molecule has 5 aliphatic carbocycles. The monoisotopic (exact) mass is 959 g/mol. The summed E-state index contributed by atoms with van der Waals surface area (Å²) in [6.07, 6.45) is 13.3. The van der Waals surface area contributed by atoms with Gasteiger partial charge in [0.1, 0.15) is 9.52 Å². The van der Waals surface area contributed by atoms with Crippen LogP contribution >= 0.6 is 0 Å². The molecule has 0 nitrogen and oxygen atoms in total. The molecule has 0 N–H and O–H groups in total. The smallest absolute Gasteiger partial charge is 1.00 e. The summed E-state index contributed by atoms with van der Waals surface area (Å²) < 4.78 is 0. The maximum Gasteiger partial charge on any atom is 3.00 e. The molecule has 0 amide bonds. The summed E-state index contributed by atoms with van der Waals surface area (Å²) >= 11 is 0. The maximum atomic E-state index is 2.71. The Morgan fingerprint density at radius 2 is 1.22 bits per heavy atom. The Balaban J connectivity index is 0.000000355. The molecule has 0 saturated heterocycles. The molecule has 1 fully saturated rings. The van der Waals surface area contributed by atoms with E-state index >= 15 is 0 Å². The molecule has 1 saturated carbocycles. The first kappa shape index (κ1) is 49.1. The molecule has 4 heteroatoms. The molecular weight excluding hydrogens is 899 g/mol. The molecular formula is C59H63Cl2SiZr. The van der Waals surface area contributed by atoms with Gasteiger partial charge in [0.2, 0.25) is 0 Å². The van der Waals surface area contributed by atoms with Crippen molar-refractivity contribution in [2.24, 2.45) is 27.1 Å². The summed E-state index contributed by atoms with van der Waals surface area (Å²) in [5, 5.41) is 2.79. The van der Waals surface area contributed by atoms with Crippen LogP contribution in [0.5, 0.6) is 0 Å². The van der Waals surface area contributed by atoms with Crippen LogP contribution in [-0.2, 0) is 32.6 Å². The molecule has 3 unspecified atom stereocenters. The van der Waals surface area contributed by atoms with Crippen molar-refractivity contribution < 1.29 is 51.0 Å². The van der Waals surface area contributed by atoms with Gasteiger partial charge in [0, 0.05) is 0 Å². The number of rotatable bonds is 6. The molecule has 0 bridgehead atoms. The molecule has 3 atom stereocenters. The average molecular weight is 962 g/mol. The second-order valence-corrected chi connectivity index (χ2v) is 21.5. The van der Waals surface area contributed by atoms with Crippen LogP contribution in [0.4, 0.5) is 0 Å². The molecule has 321 valence electrons. The van der Waals surface area contributed by atoms with Crippen LogP contribution in [0, 0.1) is 33.0 Å². The molecule has 0 spiro atoms. The Morgan fingerprint density at radius 3 is 1.84 bits per heavy atom. The summed E-state index contributed by atoms with van der Waals surface area (Å²) in [7, 11) is 0.777. The summed E-state index contributed by atoms with van der Waals surface area (Å²) in [6.45, 7) is 23.5. The van der Waals surface area contributed by atoms with Crippen molar-refractivity contribution in [1.82, 2.24) is 0 Å². The quantitative estimate of drug-likeness (QED) is 0.119. The van der Waals surface area contributed by atoms with Crippen LogP contribution in [0.3, 0.4) is 0 Å². The normalized spacial score (nSPS) is 23.8. The fourth-order valence-electron chi connectivity index (χ4n) is 12.6. The van der Waals surface area contributed by atoms with Crippen LogP contribution in [0.15, 0.2) is 168 Å². The van der Waals surface area contributed by atoms with Gasteiger partial charge in [0.05, 0.1) is 0 Å². The zero-order valence-corrected chi connectivity index (χ0v) is 43.8. The second-order valence-electron chi connectivity index (χ2n) is 20.1. The van der Waals surface area contributed by atoms with Crippen molar-refractivity contribution in [2.45, 2.75) is 100 Å². The summed E-state index contributed by atoms with van der Waals surface area (Å²) in [5.74, 6) is 2.00. The summed E-state index contributed by atoms with van der Waals surface area (Å²) in [4.78, 5) is 0. The topological polar surface area (TPSA) is 0 Å². The van der Waals surface area contributed by atoms with E-state index < -0.39 is 0 Å². The van der Waals surface area contributed by atoms with Crippen molar-refractivity contribution >= 4 is 31.5 Å². The van der Waals surface area contributed by atoms with Gasteiger partial charge in [-0.25, -0.2) is 0 Å². The minimum atomic E-state index is -0.0492. The van der Waals surface area contributed by atoms with Gasteiger partial charge in [-0.1, -0.05) is 265 Å².